The standard InChI is InChI=1S/C41H47N5O14/c1-7-21(17-46(12-13-47)39(54)58-18-27-35(60-40(55)59-27)19-8-10-22(57-6)11-9-19)43-25-16-26(44(2)3)23-14-20-15-24-31(45(4)5)34(50)30(38(42)53)37(52)41(24,56)36(51)28(20)33(49)29(23)32(25)48/h8-11,13,16,20-21,24,31,43,48-49,52,56H,7,12,14-15,17-18H2,1-6H3,(H2,42,53)/t20?,21?,24?,31-,41-/m0/s1. The number of aromatic hydroxyl groups is 1. The van der Waals surface area contributed by atoms with E-state index in [9.17, 15) is 49.2 Å². The van der Waals surface area contributed by atoms with Gasteiger partial charge in [0.05, 0.1) is 30.9 Å². The Bertz CT molecular complexity index is 2360. The minimum Gasteiger partial charge on any atom is -0.508 e. The molecular weight excluding hydrogens is 786 g/mol. The number of anilines is 2. The predicted octanol–water partition coefficient (Wildman–Crippen LogP) is 2.28. The molecule has 5 atom stereocenters. The maximum Gasteiger partial charge on any atom is 0.519 e. The SMILES string of the molecule is CCC(CN(CC=O)C(=O)OCc1oc(=O)oc1-c1ccc(OC)cc1)Nc1cc(N(C)C)c2c(c1O)C(O)=C1C(=O)[C@]3(O)C(O)=C(C(N)=O)C(=O)[C@@H](N(C)C)C3CC1C2. The number of methoxy groups -OCH3 is 1. The van der Waals surface area contributed by atoms with Gasteiger partial charge in [-0.2, -0.15) is 0 Å². The number of nitrogens with zero attached hydrogens (tertiary/aromatic N) is 3. The number of aldehydes is 1. The van der Waals surface area contributed by atoms with Crippen molar-refractivity contribution in [3.63, 3.8) is 0 Å². The number of aliphatic hydroxyl groups excluding tert-OH is 2. The lowest BCUT2D eigenvalue weighted by Crippen LogP contribution is -2.65. The highest BCUT2D eigenvalue weighted by Gasteiger charge is 2.64. The van der Waals surface area contributed by atoms with Gasteiger partial charge in [-0.3, -0.25) is 24.2 Å². The van der Waals surface area contributed by atoms with E-state index in [0.29, 0.717) is 35.3 Å². The number of rotatable bonds is 14. The van der Waals surface area contributed by atoms with E-state index in [1.807, 2.05) is 0 Å². The van der Waals surface area contributed by atoms with E-state index in [1.54, 1.807) is 56.3 Å². The van der Waals surface area contributed by atoms with Gasteiger partial charge in [0, 0.05) is 49.4 Å². The summed E-state index contributed by atoms with van der Waals surface area (Å²) >= 11 is 0. The van der Waals surface area contributed by atoms with Gasteiger partial charge in [0.15, 0.2) is 29.5 Å². The fourth-order valence-electron chi connectivity index (χ4n) is 8.46. The second-order valence-electron chi connectivity index (χ2n) is 15.3. The third-order valence-corrected chi connectivity index (χ3v) is 11.3. The molecule has 1 fully saturated rings. The number of ether oxygens (including phenoxy) is 2. The number of primary amides is 1. The number of carbonyl (C=O) groups excluding carboxylic acids is 5. The lowest BCUT2D eigenvalue weighted by molar-refractivity contribution is -0.153. The molecule has 0 aliphatic heterocycles. The number of hydrogen-bond donors (Lipinski definition) is 6. The van der Waals surface area contributed by atoms with Crippen molar-refractivity contribution in [3.8, 4) is 22.8 Å². The van der Waals surface area contributed by atoms with Crippen LogP contribution in [0.25, 0.3) is 17.1 Å². The zero-order valence-corrected chi connectivity index (χ0v) is 33.8. The van der Waals surface area contributed by atoms with Crippen LogP contribution in [0.3, 0.4) is 0 Å². The molecule has 1 saturated carbocycles. The number of fused-ring (bicyclic) bond motifs is 3. The number of benzene rings is 2. The van der Waals surface area contributed by atoms with Gasteiger partial charge in [-0.25, -0.2) is 9.59 Å². The second kappa shape index (κ2) is 16.6. The fourth-order valence-corrected chi connectivity index (χ4v) is 8.46. The molecule has 19 heteroatoms. The van der Waals surface area contributed by atoms with Crippen LogP contribution in [0, 0.1) is 11.8 Å². The lowest BCUT2D eigenvalue weighted by atomic mass is 9.57. The number of phenolic OH excluding ortho intramolecular Hbond substituents is 1. The van der Waals surface area contributed by atoms with Gasteiger partial charge in [0.2, 0.25) is 5.78 Å². The largest absolute Gasteiger partial charge is 0.519 e. The number of hydrogen-bond acceptors (Lipinski definition) is 17. The second-order valence-corrected chi connectivity index (χ2v) is 15.3. The van der Waals surface area contributed by atoms with Gasteiger partial charge in [-0.05, 0) is 75.2 Å². The van der Waals surface area contributed by atoms with Crippen molar-refractivity contribution in [2.45, 2.75) is 50.5 Å². The topological polar surface area (TPSA) is 276 Å². The molecule has 2 aromatic carbocycles. The Balaban J connectivity index is 1.30. The van der Waals surface area contributed by atoms with E-state index in [-0.39, 0.29) is 47.7 Å². The monoisotopic (exact) mass is 833 g/mol. The van der Waals surface area contributed by atoms with E-state index in [1.165, 1.54) is 26.1 Å². The van der Waals surface area contributed by atoms with Crippen LogP contribution >= 0.6 is 0 Å². The first-order valence-electron chi connectivity index (χ1n) is 19.0. The molecule has 19 nitrogen and oxygen atoms in total. The summed E-state index contributed by atoms with van der Waals surface area (Å²) in [5.74, 6) is -8.18. The smallest absolute Gasteiger partial charge is 0.508 e. The highest BCUT2D eigenvalue weighted by molar-refractivity contribution is 6.24. The minimum atomic E-state index is -2.80. The molecule has 3 aliphatic carbocycles. The zero-order chi connectivity index (χ0) is 44.0. The van der Waals surface area contributed by atoms with Gasteiger partial charge < -0.3 is 59.5 Å². The summed E-state index contributed by atoms with van der Waals surface area (Å²) in [6, 6.07) is 6.27. The van der Waals surface area contributed by atoms with E-state index in [2.05, 4.69) is 5.32 Å². The molecule has 0 spiro atoms. The summed E-state index contributed by atoms with van der Waals surface area (Å²) in [5, 5.41) is 50.1. The summed E-state index contributed by atoms with van der Waals surface area (Å²) in [7, 11) is 8.01. The average molecular weight is 834 g/mol. The molecule has 3 aromatic rings. The van der Waals surface area contributed by atoms with Crippen molar-refractivity contribution in [2.24, 2.45) is 17.6 Å². The number of nitrogens with two attached hydrogens (primary N) is 1. The highest BCUT2D eigenvalue weighted by atomic mass is 16.6. The highest BCUT2D eigenvalue weighted by Crippen LogP contribution is 2.54. The predicted molar refractivity (Wildman–Crippen MR) is 213 cm³/mol. The number of nitrogens with one attached hydrogen (secondary N) is 1. The van der Waals surface area contributed by atoms with Crippen LogP contribution in [0.4, 0.5) is 16.2 Å². The third-order valence-electron chi connectivity index (χ3n) is 11.3. The molecule has 6 rings (SSSR count). The first-order valence-corrected chi connectivity index (χ1v) is 19.0. The van der Waals surface area contributed by atoms with Crippen LogP contribution in [0.1, 0.15) is 36.7 Å². The first kappa shape index (κ1) is 43.0. The van der Waals surface area contributed by atoms with Crippen LogP contribution in [0.15, 0.2) is 60.9 Å². The lowest BCUT2D eigenvalue weighted by Gasteiger charge is -2.50. The van der Waals surface area contributed by atoms with E-state index < -0.39 is 94.9 Å². The van der Waals surface area contributed by atoms with Gasteiger partial charge in [0.25, 0.3) is 5.91 Å². The van der Waals surface area contributed by atoms with Crippen LogP contribution < -0.4 is 26.5 Å². The molecule has 3 aliphatic rings. The Morgan fingerprint density at radius 2 is 1.77 bits per heavy atom. The summed E-state index contributed by atoms with van der Waals surface area (Å²) < 4.78 is 20.9. The molecule has 60 heavy (non-hydrogen) atoms. The molecule has 1 aromatic heterocycles. The van der Waals surface area contributed by atoms with Gasteiger partial charge in [-0.1, -0.05) is 6.92 Å². The molecule has 7 N–H and O–H groups in total. The molecule has 2 amide bonds. The van der Waals surface area contributed by atoms with E-state index in [4.69, 9.17) is 24.0 Å². The fraction of sp³-hybridized carbons (Fsp3) is 0.415. The normalized spacial score (nSPS) is 21.5. The van der Waals surface area contributed by atoms with E-state index in [0.717, 1.165) is 4.90 Å². The Hall–Kier alpha value is -6.60. The van der Waals surface area contributed by atoms with Crippen molar-refractivity contribution in [1.29, 1.82) is 0 Å². The summed E-state index contributed by atoms with van der Waals surface area (Å²) in [6.45, 7) is 0.737. The summed E-state index contributed by atoms with van der Waals surface area (Å²) in [6.07, 6.45) is -0.110. The number of aliphatic hydroxyl groups is 3. The van der Waals surface area contributed by atoms with Crippen molar-refractivity contribution in [1.82, 2.24) is 9.80 Å². The average Bonchev–Trinajstić information content (AvgIpc) is 3.58. The Kier molecular flexibility index (Phi) is 11.9. The molecule has 3 unspecified atom stereocenters. The number of phenols is 1. The quantitative estimate of drug-likeness (QED) is 0.0772. The van der Waals surface area contributed by atoms with Crippen molar-refractivity contribution >= 4 is 47.0 Å². The van der Waals surface area contributed by atoms with Crippen molar-refractivity contribution in [3.05, 3.63) is 74.7 Å². The molecular formula is C41H47N5O14. The van der Waals surface area contributed by atoms with Crippen molar-refractivity contribution in [2.75, 3.05) is 58.6 Å². The third kappa shape index (κ3) is 7.34. The van der Waals surface area contributed by atoms with Crippen LogP contribution in [0.5, 0.6) is 11.5 Å². The molecule has 0 radical (unpaired) electrons. The molecule has 320 valence electrons. The maximum absolute atomic E-state index is 14.4. The number of ketones is 2. The Labute approximate surface area is 343 Å². The van der Waals surface area contributed by atoms with Crippen LogP contribution in [-0.2, 0) is 36.9 Å². The van der Waals surface area contributed by atoms with Gasteiger partial charge >= 0.3 is 11.9 Å². The van der Waals surface area contributed by atoms with Gasteiger partial charge in [0.1, 0.15) is 34.9 Å². The van der Waals surface area contributed by atoms with Crippen molar-refractivity contribution < 1.29 is 62.7 Å². The molecule has 0 saturated heterocycles. The number of amides is 2. The number of Topliss-reactive ketones (excluding diaryl/α,β-unsaturated/α-hetero) is 2. The summed E-state index contributed by atoms with van der Waals surface area (Å²) in [4.78, 5) is 81.6. The molecule has 0 bridgehead atoms. The number of carbonyl (C=O) groups is 5. The van der Waals surface area contributed by atoms with Crippen LogP contribution in [-0.4, -0.2) is 126 Å². The minimum absolute atomic E-state index is 0.0359. The molecule has 1 heterocycles. The Morgan fingerprint density at radius 3 is 2.35 bits per heavy atom. The number of likely N-dealkylation sites (N-methyl/N-ethyl adjacent to an activating group) is 1. The first-order chi connectivity index (χ1) is 28.4. The van der Waals surface area contributed by atoms with Gasteiger partial charge in [-0.15, -0.1) is 0 Å². The zero-order valence-electron chi connectivity index (χ0n) is 33.8. The van der Waals surface area contributed by atoms with Crippen LogP contribution in [0.2, 0.25) is 0 Å². The van der Waals surface area contributed by atoms with E-state index >= 15 is 0 Å². The Morgan fingerprint density at radius 1 is 1.08 bits per heavy atom. The summed E-state index contributed by atoms with van der Waals surface area (Å²) in [5.41, 5.74) is 2.79. The maximum atomic E-state index is 14.4.